The van der Waals surface area contributed by atoms with Gasteiger partial charge in [-0.15, -0.1) is 11.3 Å². The second-order valence-electron chi connectivity index (χ2n) is 3.47. The zero-order valence-corrected chi connectivity index (χ0v) is 9.69. The quantitative estimate of drug-likeness (QED) is 0.829. The molecule has 0 fully saturated rings. The average molecular weight is 222 g/mol. The smallest absolute Gasteiger partial charge is 0.164 e. The van der Waals surface area contributed by atoms with Crippen molar-refractivity contribution in [1.29, 1.82) is 0 Å². The van der Waals surface area contributed by atoms with E-state index < -0.39 is 0 Å². The molecule has 2 aromatic heterocycles. The van der Waals surface area contributed by atoms with Crippen LogP contribution in [0.1, 0.15) is 22.1 Å². The molecule has 2 rings (SSSR count). The fourth-order valence-corrected chi connectivity index (χ4v) is 2.22. The number of nitrogens with zero attached hydrogens (tertiary/aromatic N) is 2. The molecule has 80 valence electrons. The molecule has 0 bridgehead atoms. The summed E-state index contributed by atoms with van der Waals surface area (Å²) in [5.74, 6) is 1.68. The molecule has 15 heavy (non-hydrogen) atoms. The fourth-order valence-electron chi connectivity index (χ4n) is 1.34. The lowest BCUT2D eigenvalue weighted by Crippen LogP contribution is -2.13. The van der Waals surface area contributed by atoms with Gasteiger partial charge in [-0.1, -0.05) is 0 Å². The fraction of sp³-hybridized carbons (Fsp3) is 0.400. The van der Waals surface area contributed by atoms with Gasteiger partial charge in [-0.2, -0.15) is 5.10 Å². The summed E-state index contributed by atoms with van der Waals surface area (Å²) >= 11 is 1.78. The van der Waals surface area contributed by atoms with Crippen LogP contribution >= 0.6 is 11.3 Å². The Labute approximate surface area is 92.8 Å². The highest BCUT2D eigenvalue weighted by Gasteiger charge is 2.01. The van der Waals surface area contributed by atoms with Crippen molar-refractivity contribution in [2.75, 3.05) is 0 Å². The molecule has 0 aliphatic heterocycles. The number of H-pyrrole nitrogens is 1. The van der Waals surface area contributed by atoms with E-state index >= 15 is 0 Å². The van der Waals surface area contributed by atoms with Gasteiger partial charge in [0.25, 0.3) is 0 Å². The van der Waals surface area contributed by atoms with Gasteiger partial charge in [0, 0.05) is 11.4 Å². The molecule has 2 N–H and O–H groups in total. The van der Waals surface area contributed by atoms with Gasteiger partial charge in [-0.05, 0) is 30.9 Å². The second-order valence-corrected chi connectivity index (χ2v) is 4.47. The topological polar surface area (TPSA) is 53.6 Å². The molecule has 0 aliphatic rings. The van der Waals surface area contributed by atoms with Crippen molar-refractivity contribution in [3.8, 4) is 0 Å². The molecule has 0 saturated heterocycles. The number of nitrogens with one attached hydrogen (secondary N) is 2. The first kappa shape index (κ1) is 10.3. The van der Waals surface area contributed by atoms with Gasteiger partial charge in [0.15, 0.2) is 5.82 Å². The minimum absolute atomic E-state index is 0.710. The maximum Gasteiger partial charge on any atom is 0.164 e. The Morgan fingerprint density at radius 3 is 2.87 bits per heavy atom. The van der Waals surface area contributed by atoms with Crippen molar-refractivity contribution in [1.82, 2.24) is 20.5 Å². The Balaban J connectivity index is 1.83. The summed E-state index contributed by atoms with van der Waals surface area (Å²) in [4.78, 5) is 5.60. The Bertz CT molecular complexity index is 432. The molecular weight excluding hydrogens is 208 g/mol. The van der Waals surface area contributed by atoms with Crippen LogP contribution in [0.5, 0.6) is 0 Å². The predicted molar refractivity (Wildman–Crippen MR) is 60.7 cm³/mol. The van der Waals surface area contributed by atoms with Crippen LogP contribution in [-0.4, -0.2) is 15.2 Å². The van der Waals surface area contributed by atoms with Gasteiger partial charge >= 0.3 is 0 Å². The molecule has 0 amide bonds. The lowest BCUT2D eigenvalue weighted by molar-refractivity contribution is 0.669. The Morgan fingerprint density at radius 1 is 1.40 bits per heavy atom. The van der Waals surface area contributed by atoms with E-state index in [1.807, 2.05) is 6.92 Å². The van der Waals surface area contributed by atoms with Crippen molar-refractivity contribution in [2.24, 2.45) is 0 Å². The van der Waals surface area contributed by atoms with Crippen LogP contribution in [0.25, 0.3) is 0 Å². The van der Waals surface area contributed by atoms with E-state index in [0.717, 1.165) is 18.2 Å². The van der Waals surface area contributed by atoms with Gasteiger partial charge in [-0.25, -0.2) is 4.98 Å². The third kappa shape index (κ3) is 2.64. The van der Waals surface area contributed by atoms with Crippen LogP contribution in [0, 0.1) is 13.8 Å². The van der Waals surface area contributed by atoms with E-state index in [1.165, 1.54) is 10.4 Å². The van der Waals surface area contributed by atoms with Crippen molar-refractivity contribution in [2.45, 2.75) is 26.9 Å². The zero-order valence-electron chi connectivity index (χ0n) is 8.87. The molecule has 0 spiro atoms. The number of aryl methyl sites for hydroxylation is 2. The summed E-state index contributed by atoms with van der Waals surface area (Å²) in [7, 11) is 0. The monoisotopic (exact) mass is 222 g/mol. The number of hydrogen-bond acceptors (Lipinski definition) is 4. The van der Waals surface area contributed by atoms with Crippen molar-refractivity contribution < 1.29 is 0 Å². The van der Waals surface area contributed by atoms with Crippen LogP contribution in [0.2, 0.25) is 0 Å². The highest BCUT2D eigenvalue weighted by atomic mass is 32.1. The molecule has 0 unspecified atom stereocenters. The summed E-state index contributed by atoms with van der Waals surface area (Å²) in [6, 6.07) is 2.14. The van der Waals surface area contributed by atoms with E-state index in [2.05, 4.69) is 38.9 Å². The molecule has 0 atom stereocenters. The third-order valence-corrected chi connectivity index (χ3v) is 3.20. The van der Waals surface area contributed by atoms with Gasteiger partial charge < -0.3 is 5.32 Å². The van der Waals surface area contributed by atoms with Gasteiger partial charge in [0.1, 0.15) is 5.82 Å². The standard InChI is InChI=1S/C10H14N4S/c1-7-3-4-15-9(7)5-11-6-10-12-8(2)13-14-10/h3-4,11H,5-6H2,1-2H3,(H,12,13,14). The van der Waals surface area contributed by atoms with Crippen molar-refractivity contribution >= 4 is 11.3 Å². The summed E-state index contributed by atoms with van der Waals surface area (Å²) in [5.41, 5.74) is 1.35. The Kier molecular flexibility index (Phi) is 3.13. The van der Waals surface area contributed by atoms with E-state index in [9.17, 15) is 0 Å². The first-order chi connectivity index (χ1) is 7.25. The summed E-state index contributed by atoms with van der Waals surface area (Å²) < 4.78 is 0. The molecule has 4 nitrogen and oxygen atoms in total. The molecule has 0 aromatic carbocycles. The maximum atomic E-state index is 4.23. The predicted octanol–water partition coefficient (Wildman–Crippen LogP) is 1.77. The minimum Gasteiger partial charge on any atom is -0.305 e. The number of rotatable bonds is 4. The van der Waals surface area contributed by atoms with E-state index in [-0.39, 0.29) is 0 Å². The van der Waals surface area contributed by atoms with Gasteiger partial charge in [0.2, 0.25) is 0 Å². The lowest BCUT2D eigenvalue weighted by atomic mass is 10.3. The molecule has 2 aromatic rings. The highest BCUT2D eigenvalue weighted by molar-refractivity contribution is 7.10. The first-order valence-electron chi connectivity index (χ1n) is 4.87. The van der Waals surface area contributed by atoms with Crippen LogP contribution in [-0.2, 0) is 13.1 Å². The number of hydrogen-bond donors (Lipinski definition) is 2. The van der Waals surface area contributed by atoms with Crippen LogP contribution in [0.3, 0.4) is 0 Å². The number of aromatic nitrogens is 3. The highest BCUT2D eigenvalue weighted by Crippen LogP contribution is 2.14. The largest absolute Gasteiger partial charge is 0.305 e. The second kappa shape index (κ2) is 4.55. The van der Waals surface area contributed by atoms with Gasteiger partial charge in [-0.3, -0.25) is 5.10 Å². The zero-order chi connectivity index (χ0) is 10.7. The molecule has 0 radical (unpaired) electrons. The molecule has 0 aliphatic carbocycles. The molecular formula is C10H14N4S. The first-order valence-corrected chi connectivity index (χ1v) is 5.75. The van der Waals surface area contributed by atoms with E-state index in [4.69, 9.17) is 0 Å². The van der Waals surface area contributed by atoms with Crippen molar-refractivity contribution in [3.05, 3.63) is 33.5 Å². The van der Waals surface area contributed by atoms with E-state index in [1.54, 1.807) is 11.3 Å². The van der Waals surface area contributed by atoms with E-state index in [0.29, 0.717) is 6.54 Å². The molecule has 5 heteroatoms. The average Bonchev–Trinajstić information content (AvgIpc) is 2.77. The normalized spacial score (nSPS) is 10.8. The Hall–Kier alpha value is -1.20. The van der Waals surface area contributed by atoms with Crippen LogP contribution in [0.4, 0.5) is 0 Å². The number of aromatic amines is 1. The Morgan fingerprint density at radius 2 is 2.27 bits per heavy atom. The lowest BCUT2D eigenvalue weighted by Gasteiger charge is -2.00. The van der Waals surface area contributed by atoms with Crippen molar-refractivity contribution in [3.63, 3.8) is 0 Å². The third-order valence-electron chi connectivity index (χ3n) is 2.18. The summed E-state index contributed by atoms with van der Waals surface area (Å²) in [6.07, 6.45) is 0. The van der Waals surface area contributed by atoms with Crippen LogP contribution in [0.15, 0.2) is 11.4 Å². The minimum atomic E-state index is 0.710. The molecule has 0 saturated carbocycles. The van der Waals surface area contributed by atoms with Gasteiger partial charge in [0.05, 0.1) is 6.54 Å². The summed E-state index contributed by atoms with van der Waals surface area (Å²) in [5, 5.41) is 12.3. The molecule has 2 heterocycles. The summed E-state index contributed by atoms with van der Waals surface area (Å²) in [6.45, 7) is 5.63. The van der Waals surface area contributed by atoms with Crippen LogP contribution < -0.4 is 5.32 Å². The number of thiophene rings is 1. The SMILES string of the molecule is Cc1nc(CNCc2sccc2C)n[nH]1. The maximum absolute atomic E-state index is 4.23.